The molecular weight excluding hydrogens is 242 g/mol. The van der Waals surface area contributed by atoms with Crippen LogP contribution in [0.15, 0.2) is 36.4 Å². The maximum absolute atomic E-state index is 13.7. The van der Waals surface area contributed by atoms with E-state index in [9.17, 15) is 8.78 Å². The maximum atomic E-state index is 13.7. The van der Waals surface area contributed by atoms with Gasteiger partial charge in [0, 0.05) is 5.56 Å². The SMILES string of the molecule is CCc1cc(F)c(C#Cc2ccc(C)cc2)c(F)c1. The van der Waals surface area contributed by atoms with Gasteiger partial charge in [0.15, 0.2) is 0 Å². The van der Waals surface area contributed by atoms with Crippen molar-refractivity contribution in [2.45, 2.75) is 20.3 Å². The summed E-state index contributed by atoms with van der Waals surface area (Å²) in [6.07, 6.45) is 0.597. The second-order valence-corrected chi connectivity index (χ2v) is 4.40. The Morgan fingerprint density at radius 3 is 2.05 bits per heavy atom. The van der Waals surface area contributed by atoms with E-state index in [1.165, 1.54) is 12.1 Å². The van der Waals surface area contributed by atoms with Gasteiger partial charge in [0.2, 0.25) is 0 Å². The van der Waals surface area contributed by atoms with Gasteiger partial charge in [0.05, 0.1) is 5.56 Å². The van der Waals surface area contributed by atoms with Gasteiger partial charge in [-0.3, -0.25) is 0 Å². The van der Waals surface area contributed by atoms with Crippen molar-refractivity contribution in [3.05, 3.63) is 70.3 Å². The standard InChI is InChI=1S/C17H14F2/c1-3-13-10-16(18)15(17(19)11-13)9-8-14-6-4-12(2)5-7-14/h4-7,10-11H,3H2,1-2H3. The Balaban J connectivity index is 2.37. The van der Waals surface area contributed by atoms with Crippen molar-refractivity contribution in [2.24, 2.45) is 0 Å². The minimum atomic E-state index is -0.600. The van der Waals surface area contributed by atoms with Crippen molar-refractivity contribution in [1.29, 1.82) is 0 Å². The van der Waals surface area contributed by atoms with E-state index < -0.39 is 11.6 Å². The molecular formula is C17H14F2. The molecule has 0 radical (unpaired) electrons. The molecule has 0 unspecified atom stereocenters. The van der Waals surface area contributed by atoms with E-state index in [2.05, 4.69) is 11.8 Å². The number of aryl methyl sites for hydroxylation is 2. The Morgan fingerprint density at radius 2 is 1.53 bits per heavy atom. The van der Waals surface area contributed by atoms with Gasteiger partial charge in [0.25, 0.3) is 0 Å². The third-order valence-corrected chi connectivity index (χ3v) is 2.89. The zero-order valence-electron chi connectivity index (χ0n) is 10.9. The zero-order valence-corrected chi connectivity index (χ0v) is 10.9. The first-order chi connectivity index (χ1) is 9.10. The highest BCUT2D eigenvalue weighted by atomic mass is 19.1. The highest BCUT2D eigenvalue weighted by Gasteiger charge is 2.08. The lowest BCUT2D eigenvalue weighted by Crippen LogP contribution is -1.93. The van der Waals surface area contributed by atoms with E-state index in [-0.39, 0.29) is 5.56 Å². The molecule has 0 nitrogen and oxygen atoms in total. The summed E-state index contributed by atoms with van der Waals surface area (Å²) in [4.78, 5) is 0. The van der Waals surface area contributed by atoms with Gasteiger partial charge in [0.1, 0.15) is 11.6 Å². The van der Waals surface area contributed by atoms with E-state index in [0.29, 0.717) is 12.0 Å². The summed E-state index contributed by atoms with van der Waals surface area (Å²) >= 11 is 0. The van der Waals surface area contributed by atoms with E-state index in [4.69, 9.17) is 0 Å². The molecule has 2 rings (SSSR count). The van der Waals surface area contributed by atoms with Crippen molar-refractivity contribution >= 4 is 0 Å². The molecule has 0 heterocycles. The van der Waals surface area contributed by atoms with Gasteiger partial charge in [-0.2, -0.15) is 0 Å². The van der Waals surface area contributed by atoms with Crippen LogP contribution in [0.5, 0.6) is 0 Å². The normalized spacial score (nSPS) is 9.89. The molecule has 0 bridgehead atoms. The average Bonchev–Trinajstić information content (AvgIpc) is 2.39. The molecule has 0 aliphatic carbocycles. The Morgan fingerprint density at radius 1 is 0.947 bits per heavy atom. The van der Waals surface area contributed by atoms with Gasteiger partial charge in [-0.15, -0.1) is 0 Å². The van der Waals surface area contributed by atoms with Gasteiger partial charge in [-0.1, -0.05) is 36.5 Å². The summed E-state index contributed by atoms with van der Waals surface area (Å²) in [6.45, 7) is 3.83. The van der Waals surface area contributed by atoms with E-state index in [1.807, 2.05) is 38.1 Å². The molecule has 0 atom stereocenters. The molecule has 0 spiro atoms. The van der Waals surface area contributed by atoms with Crippen LogP contribution in [-0.4, -0.2) is 0 Å². The van der Waals surface area contributed by atoms with Crippen LogP contribution in [0.2, 0.25) is 0 Å². The van der Waals surface area contributed by atoms with Crippen LogP contribution in [-0.2, 0) is 6.42 Å². The largest absolute Gasteiger partial charge is 0.206 e. The quantitative estimate of drug-likeness (QED) is 0.670. The summed E-state index contributed by atoms with van der Waals surface area (Å²) in [5, 5.41) is 0. The first-order valence-corrected chi connectivity index (χ1v) is 6.16. The molecule has 0 N–H and O–H groups in total. The third kappa shape index (κ3) is 3.20. The molecule has 0 amide bonds. The van der Waals surface area contributed by atoms with Crippen LogP contribution >= 0.6 is 0 Å². The van der Waals surface area contributed by atoms with E-state index >= 15 is 0 Å². The summed E-state index contributed by atoms with van der Waals surface area (Å²) in [5.74, 6) is 4.14. The lowest BCUT2D eigenvalue weighted by molar-refractivity contribution is 0.574. The van der Waals surface area contributed by atoms with Crippen LogP contribution in [0.25, 0.3) is 0 Å². The lowest BCUT2D eigenvalue weighted by Gasteiger charge is -2.01. The number of halogens is 2. The van der Waals surface area contributed by atoms with Crippen molar-refractivity contribution in [1.82, 2.24) is 0 Å². The molecule has 0 aromatic heterocycles. The predicted octanol–water partition coefficient (Wildman–Crippen LogP) is 4.24. The summed E-state index contributed by atoms with van der Waals surface area (Å²) < 4.78 is 27.4. The molecule has 19 heavy (non-hydrogen) atoms. The Kier molecular flexibility index (Phi) is 3.97. The minimum absolute atomic E-state index is 0.169. The third-order valence-electron chi connectivity index (χ3n) is 2.89. The highest BCUT2D eigenvalue weighted by Crippen LogP contribution is 2.15. The minimum Gasteiger partial charge on any atom is -0.206 e. The van der Waals surface area contributed by atoms with Crippen LogP contribution in [0.1, 0.15) is 29.2 Å². The molecule has 0 saturated heterocycles. The number of hydrogen-bond acceptors (Lipinski definition) is 0. The zero-order chi connectivity index (χ0) is 13.8. The van der Waals surface area contributed by atoms with Gasteiger partial charge < -0.3 is 0 Å². The number of rotatable bonds is 1. The Labute approximate surface area is 112 Å². The maximum Gasteiger partial charge on any atom is 0.142 e. The molecule has 0 aliphatic heterocycles. The topological polar surface area (TPSA) is 0 Å². The molecule has 0 saturated carbocycles. The Hall–Kier alpha value is -2.14. The first kappa shape index (κ1) is 13.3. The second kappa shape index (κ2) is 5.67. The summed E-state index contributed by atoms with van der Waals surface area (Å²) in [6, 6.07) is 10.2. The lowest BCUT2D eigenvalue weighted by atomic mass is 10.1. The first-order valence-electron chi connectivity index (χ1n) is 6.16. The fraction of sp³-hybridized carbons (Fsp3) is 0.176. The van der Waals surface area contributed by atoms with Crippen molar-refractivity contribution in [2.75, 3.05) is 0 Å². The fourth-order valence-electron chi connectivity index (χ4n) is 1.72. The number of benzene rings is 2. The van der Waals surface area contributed by atoms with Crippen LogP contribution in [0.4, 0.5) is 8.78 Å². The Bertz CT molecular complexity index is 620. The van der Waals surface area contributed by atoms with Crippen LogP contribution in [0, 0.1) is 30.4 Å². The van der Waals surface area contributed by atoms with Gasteiger partial charge >= 0.3 is 0 Å². The highest BCUT2D eigenvalue weighted by molar-refractivity contribution is 5.45. The van der Waals surface area contributed by atoms with Crippen LogP contribution in [0.3, 0.4) is 0 Å². The molecule has 2 aromatic carbocycles. The average molecular weight is 256 g/mol. The summed E-state index contributed by atoms with van der Waals surface area (Å²) in [5.41, 5.74) is 2.33. The molecule has 2 heteroatoms. The van der Waals surface area contributed by atoms with E-state index in [1.54, 1.807) is 0 Å². The molecule has 0 fully saturated rings. The van der Waals surface area contributed by atoms with Crippen molar-refractivity contribution in [3.63, 3.8) is 0 Å². The van der Waals surface area contributed by atoms with Gasteiger partial charge in [-0.25, -0.2) is 8.78 Å². The van der Waals surface area contributed by atoms with Crippen LogP contribution < -0.4 is 0 Å². The fourth-order valence-corrected chi connectivity index (χ4v) is 1.72. The van der Waals surface area contributed by atoms with E-state index in [0.717, 1.165) is 11.1 Å². The van der Waals surface area contributed by atoms with Gasteiger partial charge in [-0.05, 0) is 43.2 Å². The van der Waals surface area contributed by atoms with Crippen molar-refractivity contribution in [3.8, 4) is 11.8 Å². The molecule has 96 valence electrons. The van der Waals surface area contributed by atoms with Crippen molar-refractivity contribution < 1.29 is 8.78 Å². The molecule has 2 aromatic rings. The monoisotopic (exact) mass is 256 g/mol. The number of hydrogen-bond donors (Lipinski definition) is 0. The predicted molar refractivity (Wildman–Crippen MR) is 72.9 cm³/mol. The smallest absolute Gasteiger partial charge is 0.142 e. The molecule has 0 aliphatic rings. The second-order valence-electron chi connectivity index (χ2n) is 4.40. The summed E-state index contributed by atoms with van der Waals surface area (Å²) in [7, 11) is 0.